The molecule has 2 rings (SSSR count). The Morgan fingerprint density at radius 2 is 2.53 bits per heavy atom. The van der Waals surface area contributed by atoms with Gasteiger partial charge in [0.05, 0.1) is 12.1 Å². The highest BCUT2D eigenvalue weighted by Gasteiger charge is 2.28. The van der Waals surface area contributed by atoms with Crippen molar-refractivity contribution < 1.29 is 9.52 Å². The summed E-state index contributed by atoms with van der Waals surface area (Å²) in [5.74, 6) is 0.755. The van der Waals surface area contributed by atoms with Gasteiger partial charge in [-0.25, -0.2) is 4.98 Å². The average Bonchev–Trinajstić information content (AvgIpc) is 2.85. The molecule has 4 heteroatoms. The fraction of sp³-hybridized carbons (Fsp3) is 0.727. The third kappa shape index (κ3) is 2.06. The van der Waals surface area contributed by atoms with E-state index in [2.05, 4.69) is 16.8 Å². The number of aliphatic hydroxyl groups excluding tert-OH is 1. The number of oxazole rings is 1. The molecule has 1 N–H and O–H groups in total. The van der Waals surface area contributed by atoms with Crippen molar-refractivity contribution in [3.8, 4) is 0 Å². The Labute approximate surface area is 89.9 Å². The molecule has 15 heavy (non-hydrogen) atoms. The first-order chi connectivity index (χ1) is 7.22. The van der Waals surface area contributed by atoms with Crippen molar-refractivity contribution in [1.29, 1.82) is 0 Å². The quantitative estimate of drug-likeness (QED) is 0.827. The maximum Gasteiger partial charge on any atom is 0.211 e. The predicted molar refractivity (Wildman–Crippen MR) is 56.4 cm³/mol. The molecule has 0 aromatic carbocycles. The van der Waals surface area contributed by atoms with Crippen LogP contribution in [0.5, 0.6) is 0 Å². The lowest BCUT2D eigenvalue weighted by molar-refractivity contribution is 0.194. The molecular weight excluding hydrogens is 192 g/mol. The molecule has 0 radical (unpaired) electrons. The van der Waals surface area contributed by atoms with E-state index in [9.17, 15) is 5.11 Å². The van der Waals surface area contributed by atoms with Gasteiger partial charge in [0, 0.05) is 0 Å². The molecule has 2 unspecified atom stereocenters. The molecular formula is C11H18N2O2. The lowest BCUT2D eigenvalue weighted by atomic mass is 10.2. The van der Waals surface area contributed by atoms with Gasteiger partial charge >= 0.3 is 0 Å². The molecule has 1 aromatic rings. The van der Waals surface area contributed by atoms with Crippen LogP contribution in [0.4, 0.5) is 0 Å². The number of rotatable bonds is 3. The van der Waals surface area contributed by atoms with Crippen LogP contribution < -0.4 is 0 Å². The van der Waals surface area contributed by atoms with Crippen molar-refractivity contribution in [2.45, 2.75) is 38.8 Å². The van der Waals surface area contributed by atoms with Gasteiger partial charge in [0.15, 0.2) is 0 Å². The number of hydrogen-bond acceptors (Lipinski definition) is 4. The monoisotopic (exact) mass is 210 g/mol. The Hall–Kier alpha value is -0.870. The van der Waals surface area contributed by atoms with E-state index in [-0.39, 0.29) is 0 Å². The number of aliphatic hydroxyl groups is 1. The number of nitrogens with zero attached hydrogens (tertiary/aromatic N) is 2. The third-order valence-corrected chi connectivity index (χ3v) is 3.02. The van der Waals surface area contributed by atoms with Gasteiger partial charge in [0.25, 0.3) is 0 Å². The van der Waals surface area contributed by atoms with Crippen molar-refractivity contribution in [3.63, 3.8) is 0 Å². The molecule has 84 valence electrons. The van der Waals surface area contributed by atoms with Crippen LogP contribution in [0.3, 0.4) is 0 Å². The van der Waals surface area contributed by atoms with Crippen molar-refractivity contribution in [3.05, 3.63) is 17.8 Å². The average molecular weight is 210 g/mol. The Morgan fingerprint density at radius 1 is 1.73 bits per heavy atom. The van der Waals surface area contributed by atoms with E-state index in [0.29, 0.717) is 11.7 Å². The number of likely N-dealkylation sites (tertiary alicyclic amines) is 1. The minimum absolute atomic E-state index is 0.308. The highest BCUT2D eigenvalue weighted by Crippen LogP contribution is 2.31. The Bertz CT molecular complexity index is 322. The molecule has 4 nitrogen and oxygen atoms in total. The number of hydrogen-bond donors (Lipinski definition) is 1. The molecule has 1 fully saturated rings. The SMILES string of the molecule is CCN1CCCC1c1nc(C(C)O)co1. The van der Waals surface area contributed by atoms with Crippen molar-refractivity contribution in [2.24, 2.45) is 0 Å². The van der Waals surface area contributed by atoms with Crippen LogP contribution in [0.15, 0.2) is 10.7 Å². The lowest BCUT2D eigenvalue weighted by Gasteiger charge is -2.19. The van der Waals surface area contributed by atoms with Crippen LogP contribution >= 0.6 is 0 Å². The zero-order valence-corrected chi connectivity index (χ0v) is 9.31. The topological polar surface area (TPSA) is 49.5 Å². The standard InChI is InChI=1S/C11H18N2O2/c1-3-13-6-4-5-10(13)11-12-9(7-15-11)8(2)14/h7-8,10,14H,3-6H2,1-2H3. The Balaban J connectivity index is 2.14. The van der Waals surface area contributed by atoms with E-state index in [1.807, 2.05) is 0 Å². The smallest absolute Gasteiger partial charge is 0.211 e. The normalized spacial score (nSPS) is 24.6. The molecule has 2 heterocycles. The zero-order chi connectivity index (χ0) is 10.8. The molecule has 2 atom stereocenters. The number of aromatic nitrogens is 1. The minimum Gasteiger partial charge on any atom is -0.447 e. The second-order valence-corrected chi connectivity index (χ2v) is 4.07. The van der Waals surface area contributed by atoms with Gasteiger partial charge in [-0.05, 0) is 32.9 Å². The highest BCUT2D eigenvalue weighted by molar-refractivity contribution is 5.04. The van der Waals surface area contributed by atoms with Gasteiger partial charge in [0.2, 0.25) is 5.89 Å². The first kappa shape index (κ1) is 10.6. The second kappa shape index (κ2) is 4.33. The maximum absolute atomic E-state index is 9.37. The Kier molecular flexibility index (Phi) is 3.07. The molecule has 0 spiro atoms. The summed E-state index contributed by atoms with van der Waals surface area (Å²) in [6.07, 6.45) is 3.32. The zero-order valence-electron chi connectivity index (χ0n) is 9.31. The lowest BCUT2D eigenvalue weighted by Crippen LogP contribution is -2.22. The van der Waals surface area contributed by atoms with Gasteiger partial charge in [0.1, 0.15) is 12.0 Å². The fourth-order valence-electron chi connectivity index (χ4n) is 2.13. The van der Waals surface area contributed by atoms with Crippen molar-refractivity contribution in [1.82, 2.24) is 9.88 Å². The molecule has 0 bridgehead atoms. The summed E-state index contributed by atoms with van der Waals surface area (Å²) >= 11 is 0. The molecule has 1 aromatic heterocycles. The van der Waals surface area contributed by atoms with Crippen LogP contribution in [0.1, 0.15) is 50.4 Å². The van der Waals surface area contributed by atoms with Crippen LogP contribution in [-0.2, 0) is 0 Å². The highest BCUT2D eigenvalue weighted by atomic mass is 16.3. The minimum atomic E-state index is -0.543. The van der Waals surface area contributed by atoms with Gasteiger partial charge < -0.3 is 9.52 Å². The molecule has 0 amide bonds. The molecule has 0 aliphatic carbocycles. The van der Waals surface area contributed by atoms with E-state index in [4.69, 9.17) is 4.42 Å². The summed E-state index contributed by atoms with van der Waals surface area (Å²) in [5, 5.41) is 9.37. The van der Waals surface area contributed by atoms with Crippen LogP contribution in [0.25, 0.3) is 0 Å². The summed E-state index contributed by atoms with van der Waals surface area (Å²) in [4.78, 5) is 6.69. The van der Waals surface area contributed by atoms with Crippen LogP contribution in [0, 0.1) is 0 Å². The summed E-state index contributed by atoms with van der Waals surface area (Å²) in [6, 6.07) is 0.308. The first-order valence-corrected chi connectivity index (χ1v) is 5.59. The fourth-order valence-corrected chi connectivity index (χ4v) is 2.13. The Morgan fingerprint density at radius 3 is 3.13 bits per heavy atom. The van der Waals surface area contributed by atoms with E-state index in [1.165, 1.54) is 6.42 Å². The van der Waals surface area contributed by atoms with Crippen LogP contribution in [0.2, 0.25) is 0 Å². The van der Waals surface area contributed by atoms with Crippen molar-refractivity contribution in [2.75, 3.05) is 13.1 Å². The first-order valence-electron chi connectivity index (χ1n) is 5.59. The van der Waals surface area contributed by atoms with Gasteiger partial charge in [-0.15, -0.1) is 0 Å². The molecule has 0 saturated carbocycles. The van der Waals surface area contributed by atoms with Gasteiger partial charge in [-0.3, -0.25) is 4.90 Å². The maximum atomic E-state index is 9.37. The third-order valence-electron chi connectivity index (χ3n) is 3.02. The molecule has 1 saturated heterocycles. The van der Waals surface area contributed by atoms with Gasteiger partial charge in [-0.2, -0.15) is 0 Å². The molecule has 1 aliphatic rings. The van der Waals surface area contributed by atoms with E-state index >= 15 is 0 Å². The molecule has 1 aliphatic heterocycles. The summed E-state index contributed by atoms with van der Waals surface area (Å²) in [7, 11) is 0. The largest absolute Gasteiger partial charge is 0.447 e. The van der Waals surface area contributed by atoms with Crippen LogP contribution in [-0.4, -0.2) is 28.1 Å². The van der Waals surface area contributed by atoms with E-state index in [1.54, 1.807) is 13.2 Å². The predicted octanol–water partition coefficient (Wildman–Crippen LogP) is 1.88. The summed E-state index contributed by atoms with van der Waals surface area (Å²) in [5.41, 5.74) is 0.632. The van der Waals surface area contributed by atoms with Gasteiger partial charge in [-0.1, -0.05) is 6.92 Å². The van der Waals surface area contributed by atoms with E-state index in [0.717, 1.165) is 25.4 Å². The summed E-state index contributed by atoms with van der Waals surface area (Å²) < 4.78 is 5.43. The van der Waals surface area contributed by atoms with E-state index < -0.39 is 6.10 Å². The second-order valence-electron chi connectivity index (χ2n) is 4.07. The summed E-state index contributed by atoms with van der Waals surface area (Å²) in [6.45, 7) is 6.00. The van der Waals surface area contributed by atoms with Crippen molar-refractivity contribution >= 4 is 0 Å².